The van der Waals surface area contributed by atoms with Gasteiger partial charge in [-0.05, 0) is 76.8 Å². The van der Waals surface area contributed by atoms with E-state index in [1.807, 2.05) is 80.6 Å². The molecule has 1 saturated heterocycles. The van der Waals surface area contributed by atoms with Gasteiger partial charge in [0, 0.05) is 0 Å². The first-order valence-electron chi connectivity index (χ1n) is 12.3. The molecule has 0 radical (unpaired) electrons. The number of nitrogens with zero attached hydrogens (tertiary/aromatic N) is 1. The number of hydrogen-bond donors (Lipinski definition) is 0. The fourth-order valence-corrected chi connectivity index (χ4v) is 5.50. The highest BCUT2D eigenvalue weighted by molar-refractivity contribution is 8.18. The van der Waals surface area contributed by atoms with E-state index < -0.39 is 0 Å². The highest BCUT2D eigenvalue weighted by Crippen LogP contribution is 2.40. The average Bonchev–Trinajstić information content (AvgIpc) is 3.16. The highest BCUT2D eigenvalue weighted by atomic mass is 35.5. The molecule has 0 unspecified atom stereocenters. The molecule has 2 amide bonds. The lowest BCUT2D eigenvalue weighted by Gasteiger charge is -2.15. The number of benzene rings is 4. The Bertz CT molecular complexity index is 1560. The molecule has 4 aromatic carbocycles. The van der Waals surface area contributed by atoms with Crippen LogP contribution in [0.15, 0.2) is 83.8 Å². The number of thioether (sulfide) groups is 1. The summed E-state index contributed by atoms with van der Waals surface area (Å²) in [6, 6.07) is 25.3. The van der Waals surface area contributed by atoms with E-state index in [2.05, 4.69) is 0 Å². The monoisotopic (exact) mass is 543 g/mol. The fraction of sp³-hybridized carbons (Fsp3) is 0.161. The predicted octanol–water partition coefficient (Wildman–Crippen LogP) is 8.02. The lowest BCUT2D eigenvalue weighted by Crippen LogP contribution is -2.27. The van der Waals surface area contributed by atoms with Gasteiger partial charge in [-0.25, -0.2) is 0 Å². The summed E-state index contributed by atoms with van der Waals surface area (Å²) >= 11 is 7.54. The van der Waals surface area contributed by atoms with Gasteiger partial charge in [0.25, 0.3) is 11.1 Å². The van der Waals surface area contributed by atoms with Crippen molar-refractivity contribution in [3.8, 4) is 11.5 Å². The molecule has 0 atom stereocenters. The number of ether oxygens (including phenoxy) is 2. The molecular formula is C31H26ClNO4S. The number of imide groups is 1. The van der Waals surface area contributed by atoms with Crippen LogP contribution in [0.4, 0.5) is 4.79 Å². The van der Waals surface area contributed by atoms with Crippen molar-refractivity contribution in [1.82, 2.24) is 4.90 Å². The zero-order valence-electron chi connectivity index (χ0n) is 21.1. The van der Waals surface area contributed by atoms with Crippen molar-refractivity contribution >= 4 is 51.4 Å². The van der Waals surface area contributed by atoms with Crippen molar-refractivity contribution in [1.29, 1.82) is 0 Å². The van der Waals surface area contributed by atoms with Gasteiger partial charge in [0.05, 0.1) is 23.1 Å². The quantitative estimate of drug-likeness (QED) is 0.211. The zero-order valence-corrected chi connectivity index (χ0v) is 22.6. The second kappa shape index (κ2) is 11.3. The van der Waals surface area contributed by atoms with Gasteiger partial charge >= 0.3 is 0 Å². The van der Waals surface area contributed by atoms with Crippen LogP contribution in [0.25, 0.3) is 16.8 Å². The van der Waals surface area contributed by atoms with Gasteiger partial charge in [-0.3, -0.25) is 14.5 Å². The summed E-state index contributed by atoms with van der Waals surface area (Å²) in [6.07, 6.45) is 1.67. The Morgan fingerprint density at radius 1 is 0.921 bits per heavy atom. The van der Waals surface area contributed by atoms with Crippen LogP contribution in [-0.2, 0) is 17.9 Å². The largest absolute Gasteiger partial charge is 0.490 e. The second-order valence-corrected chi connectivity index (χ2v) is 10.3. The molecule has 192 valence electrons. The van der Waals surface area contributed by atoms with Crippen LogP contribution in [0, 0.1) is 6.92 Å². The third-order valence-corrected chi connectivity index (χ3v) is 7.53. The van der Waals surface area contributed by atoms with Crippen molar-refractivity contribution in [2.45, 2.75) is 27.0 Å². The SMILES string of the molecule is CCOc1cc(/C=C2\SC(=O)N(Cc3cccc4ccccc34)C2=O)cc(Cl)c1OCc1ccccc1C. The van der Waals surface area contributed by atoms with Gasteiger partial charge in [-0.15, -0.1) is 0 Å². The van der Waals surface area contributed by atoms with Crippen molar-refractivity contribution in [3.63, 3.8) is 0 Å². The summed E-state index contributed by atoms with van der Waals surface area (Å²) in [4.78, 5) is 27.7. The summed E-state index contributed by atoms with van der Waals surface area (Å²) in [5.74, 6) is 0.592. The molecular weight excluding hydrogens is 518 g/mol. The van der Waals surface area contributed by atoms with Gasteiger partial charge in [-0.1, -0.05) is 78.3 Å². The number of rotatable bonds is 8. The van der Waals surface area contributed by atoms with Gasteiger partial charge in [-0.2, -0.15) is 0 Å². The van der Waals surface area contributed by atoms with Crippen molar-refractivity contribution < 1.29 is 19.1 Å². The molecule has 5 rings (SSSR count). The van der Waals surface area contributed by atoms with Crippen molar-refractivity contribution in [3.05, 3.63) is 111 Å². The summed E-state index contributed by atoms with van der Waals surface area (Å²) in [5, 5.41) is 2.15. The molecule has 7 heteroatoms. The minimum absolute atomic E-state index is 0.208. The minimum Gasteiger partial charge on any atom is -0.490 e. The first kappa shape index (κ1) is 25.9. The Hall–Kier alpha value is -3.74. The number of fused-ring (bicyclic) bond motifs is 1. The number of carbonyl (C=O) groups excluding carboxylic acids is 2. The van der Waals surface area contributed by atoms with Crippen LogP contribution < -0.4 is 9.47 Å². The highest BCUT2D eigenvalue weighted by Gasteiger charge is 2.35. The molecule has 0 spiro atoms. The Morgan fingerprint density at radius 3 is 2.47 bits per heavy atom. The molecule has 1 fully saturated rings. The molecule has 5 nitrogen and oxygen atoms in total. The number of hydrogen-bond acceptors (Lipinski definition) is 5. The lowest BCUT2D eigenvalue weighted by molar-refractivity contribution is -0.123. The number of carbonyl (C=O) groups is 2. The zero-order chi connectivity index (χ0) is 26.6. The number of aryl methyl sites for hydroxylation is 1. The smallest absolute Gasteiger partial charge is 0.293 e. The molecule has 4 aromatic rings. The molecule has 0 bridgehead atoms. The van der Waals surface area contributed by atoms with E-state index in [1.54, 1.807) is 18.2 Å². The first-order valence-corrected chi connectivity index (χ1v) is 13.5. The Labute approximate surface area is 231 Å². The normalized spacial score (nSPS) is 14.5. The van der Waals surface area contributed by atoms with Crippen molar-refractivity contribution in [2.75, 3.05) is 6.61 Å². The Kier molecular flexibility index (Phi) is 7.72. The van der Waals surface area contributed by atoms with Crippen molar-refractivity contribution in [2.24, 2.45) is 0 Å². The summed E-state index contributed by atoms with van der Waals surface area (Å²) in [6.45, 7) is 4.88. The van der Waals surface area contributed by atoms with Gasteiger partial charge in [0.2, 0.25) is 0 Å². The topological polar surface area (TPSA) is 55.8 Å². The van der Waals surface area contributed by atoms with E-state index in [1.165, 1.54) is 4.90 Å². The Morgan fingerprint density at radius 2 is 1.66 bits per heavy atom. The maximum absolute atomic E-state index is 13.2. The molecule has 38 heavy (non-hydrogen) atoms. The molecule has 0 saturated carbocycles. The van der Waals surface area contributed by atoms with Crippen LogP contribution in [0.2, 0.25) is 5.02 Å². The first-order chi connectivity index (χ1) is 18.4. The van der Waals surface area contributed by atoms with E-state index >= 15 is 0 Å². The second-order valence-electron chi connectivity index (χ2n) is 8.88. The standard InChI is InChI=1S/C31H26ClNO4S/c1-3-36-27-16-21(15-26(32)29(27)37-19-24-11-5-4-9-20(24)2)17-28-30(34)33(31(35)38-28)18-23-13-8-12-22-10-6-7-14-25(22)23/h4-17H,3,18-19H2,1-2H3/b28-17-. The maximum atomic E-state index is 13.2. The van der Waals surface area contributed by atoms with E-state index in [9.17, 15) is 9.59 Å². The molecule has 1 heterocycles. The van der Waals surface area contributed by atoms with Crippen LogP contribution in [0.5, 0.6) is 11.5 Å². The molecule has 1 aliphatic heterocycles. The number of amides is 2. The van der Waals surface area contributed by atoms with E-state index in [-0.39, 0.29) is 17.7 Å². The Balaban J connectivity index is 1.39. The van der Waals surface area contributed by atoms with Crippen LogP contribution in [0.1, 0.15) is 29.2 Å². The third kappa shape index (κ3) is 5.42. The molecule has 1 aliphatic rings. The van der Waals surface area contributed by atoms with E-state index in [0.717, 1.165) is 39.2 Å². The van der Waals surface area contributed by atoms with Gasteiger partial charge < -0.3 is 9.47 Å². The predicted molar refractivity (Wildman–Crippen MR) is 154 cm³/mol. The third-order valence-electron chi connectivity index (χ3n) is 6.34. The summed E-state index contributed by atoms with van der Waals surface area (Å²) in [7, 11) is 0. The average molecular weight is 544 g/mol. The van der Waals surface area contributed by atoms with E-state index in [0.29, 0.717) is 40.2 Å². The summed E-state index contributed by atoms with van der Waals surface area (Å²) < 4.78 is 11.9. The molecule has 0 aromatic heterocycles. The number of halogens is 1. The van der Waals surface area contributed by atoms with E-state index in [4.69, 9.17) is 21.1 Å². The van der Waals surface area contributed by atoms with Gasteiger partial charge in [0.1, 0.15) is 6.61 Å². The van der Waals surface area contributed by atoms with Crippen LogP contribution in [0.3, 0.4) is 0 Å². The minimum atomic E-state index is -0.332. The molecule has 0 N–H and O–H groups in total. The summed E-state index contributed by atoms with van der Waals surface area (Å²) in [5.41, 5.74) is 3.74. The lowest BCUT2D eigenvalue weighted by atomic mass is 10.0. The maximum Gasteiger partial charge on any atom is 0.293 e. The molecule has 0 aliphatic carbocycles. The fourth-order valence-electron chi connectivity index (χ4n) is 4.38. The van der Waals surface area contributed by atoms with Gasteiger partial charge in [0.15, 0.2) is 11.5 Å². The van der Waals surface area contributed by atoms with Crippen LogP contribution in [-0.4, -0.2) is 22.7 Å². The van der Waals surface area contributed by atoms with Crippen LogP contribution >= 0.6 is 23.4 Å².